The van der Waals surface area contributed by atoms with Crippen LogP contribution in [0.2, 0.25) is 0 Å². The second kappa shape index (κ2) is 9.71. The number of hydrogen-bond donors (Lipinski definition) is 1. The van der Waals surface area contributed by atoms with E-state index >= 15 is 0 Å². The third-order valence-electron chi connectivity index (χ3n) is 5.91. The molecule has 0 atom stereocenters. The molecule has 3 heterocycles. The first kappa shape index (κ1) is 25.6. The Hall–Kier alpha value is -5.00. The molecule has 5 rings (SSSR count). The zero-order valence-corrected chi connectivity index (χ0v) is 20.5. The Morgan fingerprint density at radius 2 is 1.79 bits per heavy atom. The van der Waals surface area contributed by atoms with Crippen LogP contribution in [0.5, 0.6) is 11.5 Å². The lowest BCUT2D eigenvalue weighted by atomic mass is 10.1. The number of nitrogens with zero attached hydrogens (tertiary/aromatic N) is 4. The Bertz CT molecular complexity index is 1790. The van der Waals surface area contributed by atoms with Gasteiger partial charge in [0.1, 0.15) is 11.4 Å². The molecule has 198 valence electrons. The maximum atomic E-state index is 14.9. The normalized spacial score (nSPS) is 11.5. The molecule has 1 N–H and O–H groups in total. The van der Waals surface area contributed by atoms with Gasteiger partial charge in [-0.25, -0.2) is 9.37 Å². The van der Waals surface area contributed by atoms with Crippen molar-refractivity contribution in [2.24, 2.45) is 7.05 Å². The smallest absolute Gasteiger partial charge is 0.418 e. The van der Waals surface area contributed by atoms with Crippen molar-refractivity contribution in [3.8, 4) is 17.2 Å². The number of aryl methyl sites for hydroxylation is 2. The minimum absolute atomic E-state index is 0.0408. The molecule has 0 bridgehead atoms. The van der Waals surface area contributed by atoms with E-state index in [0.717, 1.165) is 24.3 Å². The summed E-state index contributed by atoms with van der Waals surface area (Å²) in [4.78, 5) is 29.7. The predicted molar refractivity (Wildman–Crippen MR) is 135 cm³/mol. The van der Waals surface area contributed by atoms with Gasteiger partial charge in [-0.15, -0.1) is 0 Å². The van der Waals surface area contributed by atoms with Crippen LogP contribution in [0, 0.1) is 12.7 Å². The molecule has 5 aromatic rings. The SMILES string of the molecule is Cc1cc(=O)n(-c2ccccc2C(F)(F)F)nc1C(=O)Nc1ccc(Oc2ccnc3c2ccn3C)c(F)c1. The Morgan fingerprint density at radius 3 is 2.54 bits per heavy atom. The first-order valence-electron chi connectivity index (χ1n) is 11.5. The van der Waals surface area contributed by atoms with Crippen LogP contribution in [-0.2, 0) is 13.2 Å². The molecule has 0 unspecified atom stereocenters. The fraction of sp³-hybridized carbons (Fsp3) is 0.111. The summed E-state index contributed by atoms with van der Waals surface area (Å²) in [5, 5.41) is 7.04. The van der Waals surface area contributed by atoms with E-state index in [2.05, 4.69) is 15.4 Å². The topological polar surface area (TPSA) is 91.0 Å². The highest BCUT2D eigenvalue weighted by molar-refractivity contribution is 6.03. The summed E-state index contributed by atoms with van der Waals surface area (Å²) in [6, 6.07) is 12.5. The van der Waals surface area contributed by atoms with Gasteiger partial charge >= 0.3 is 6.18 Å². The van der Waals surface area contributed by atoms with E-state index in [1.54, 1.807) is 22.9 Å². The van der Waals surface area contributed by atoms with Crippen molar-refractivity contribution in [1.29, 1.82) is 0 Å². The fourth-order valence-electron chi connectivity index (χ4n) is 4.04. The quantitative estimate of drug-likeness (QED) is 0.294. The zero-order chi connectivity index (χ0) is 27.9. The van der Waals surface area contributed by atoms with Crippen molar-refractivity contribution >= 4 is 22.6 Å². The largest absolute Gasteiger partial charge is 0.453 e. The summed E-state index contributed by atoms with van der Waals surface area (Å²) in [6.45, 7) is 1.42. The van der Waals surface area contributed by atoms with Gasteiger partial charge in [-0.3, -0.25) is 9.59 Å². The van der Waals surface area contributed by atoms with Gasteiger partial charge < -0.3 is 14.6 Å². The van der Waals surface area contributed by atoms with Crippen LogP contribution in [0.15, 0.2) is 77.9 Å². The zero-order valence-electron chi connectivity index (χ0n) is 20.5. The van der Waals surface area contributed by atoms with Gasteiger partial charge in [0.2, 0.25) is 0 Å². The monoisotopic (exact) mass is 537 g/mol. The molecule has 1 amide bonds. The summed E-state index contributed by atoms with van der Waals surface area (Å²) >= 11 is 0. The van der Waals surface area contributed by atoms with E-state index in [1.807, 2.05) is 7.05 Å². The van der Waals surface area contributed by atoms with Crippen LogP contribution >= 0.6 is 0 Å². The van der Waals surface area contributed by atoms with Gasteiger partial charge in [-0.1, -0.05) is 12.1 Å². The second-order valence-electron chi connectivity index (χ2n) is 8.62. The Kier molecular flexibility index (Phi) is 6.38. The van der Waals surface area contributed by atoms with E-state index in [4.69, 9.17) is 4.74 Å². The maximum Gasteiger partial charge on any atom is 0.418 e. The molecule has 0 spiro atoms. The standard InChI is InChI=1S/C27H19F4N5O3/c1-15-13-23(37)36(20-6-4-3-5-18(20)27(29,30)31)34-24(15)26(38)33-16-7-8-22(19(28)14-16)39-21-9-11-32-25-17(21)10-12-35(25)2/h3-14H,1-2H3,(H,33,38). The Labute approximate surface area is 218 Å². The molecular weight excluding hydrogens is 518 g/mol. The Balaban J connectivity index is 1.42. The van der Waals surface area contributed by atoms with Crippen LogP contribution in [0.4, 0.5) is 23.2 Å². The second-order valence-corrected chi connectivity index (χ2v) is 8.62. The van der Waals surface area contributed by atoms with Crippen LogP contribution in [0.25, 0.3) is 16.7 Å². The molecule has 2 aromatic carbocycles. The molecule has 0 radical (unpaired) electrons. The molecular formula is C27H19F4N5O3. The molecule has 0 saturated heterocycles. The molecule has 3 aromatic heterocycles. The molecule has 0 fully saturated rings. The van der Waals surface area contributed by atoms with Crippen molar-refractivity contribution in [2.75, 3.05) is 5.32 Å². The summed E-state index contributed by atoms with van der Waals surface area (Å²) in [7, 11) is 1.81. The first-order chi connectivity index (χ1) is 18.5. The molecule has 0 aliphatic rings. The number of halogens is 4. The van der Waals surface area contributed by atoms with Crippen molar-refractivity contribution in [3.05, 3.63) is 106 Å². The number of pyridine rings is 1. The molecule has 12 heteroatoms. The van der Waals surface area contributed by atoms with Gasteiger partial charge in [0, 0.05) is 37.3 Å². The predicted octanol–water partition coefficient (Wildman–Crippen LogP) is 5.63. The molecule has 0 saturated carbocycles. The third-order valence-corrected chi connectivity index (χ3v) is 5.91. The van der Waals surface area contributed by atoms with Crippen LogP contribution in [0.1, 0.15) is 21.6 Å². The van der Waals surface area contributed by atoms with Gasteiger partial charge in [-0.05, 0) is 48.9 Å². The number of carbonyl (C=O) groups is 1. The van der Waals surface area contributed by atoms with Crippen LogP contribution < -0.4 is 15.6 Å². The number of hydrogen-bond acceptors (Lipinski definition) is 5. The van der Waals surface area contributed by atoms with Crippen molar-refractivity contribution in [1.82, 2.24) is 19.3 Å². The lowest BCUT2D eigenvalue weighted by Crippen LogP contribution is -2.28. The minimum atomic E-state index is -4.76. The van der Waals surface area contributed by atoms with Crippen molar-refractivity contribution in [2.45, 2.75) is 13.1 Å². The summed E-state index contributed by atoms with van der Waals surface area (Å²) in [6.07, 6.45) is -1.43. The van der Waals surface area contributed by atoms with E-state index in [9.17, 15) is 27.2 Å². The van der Waals surface area contributed by atoms with Crippen molar-refractivity contribution in [3.63, 3.8) is 0 Å². The van der Waals surface area contributed by atoms with Crippen LogP contribution in [0.3, 0.4) is 0 Å². The van der Waals surface area contributed by atoms with Gasteiger partial charge in [0.05, 0.1) is 16.6 Å². The number of fused-ring (bicyclic) bond motifs is 1. The number of anilines is 1. The number of rotatable bonds is 5. The summed E-state index contributed by atoms with van der Waals surface area (Å²) in [5.41, 5.74) is -1.96. The molecule has 8 nitrogen and oxygen atoms in total. The van der Waals surface area contributed by atoms with Crippen molar-refractivity contribution < 1.29 is 27.1 Å². The highest BCUT2D eigenvalue weighted by Crippen LogP contribution is 2.34. The molecule has 0 aliphatic carbocycles. The number of aromatic nitrogens is 4. The third kappa shape index (κ3) is 4.96. The average Bonchev–Trinajstić information content (AvgIpc) is 3.27. The van der Waals surface area contributed by atoms with Crippen LogP contribution in [-0.4, -0.2) is 25.2 Å². The highest BCUT2D eigenvalue weighted by atomic mass is 19.4. The number of benzene rings is 2. The van der Waals surface area contributed by atoms with E-state index in [0.29, 0.717) is 21.5 Å². The lowest BCUT2D eigenvalue weighted by molar-refractivity contribution is -0.137. The summed E-state index contributed by atoms with van der Waals surface area (Å²) < 4.78 is 63.5. The Morgan fingerprint density at radius 1 is 1.03 bits per heavy atom. The number of amides is 1. The van der Waals surface area contributed by atoms with Gasteiger partial charge in [-0.2, -0.15) is 23.0 Å². The number of para-hydroxylation sites is 1. The summed E-state index contributed by atoms with van der Waals surface area (Å²) in [5.74, 6) is -1.34. The number of carbonyl (C=O) groups excluding carboxylic acids is 1. The van der Waals surface area contributed by atoms with E-state index < -0.39 is 34.7 Å². The number of ether oxygens (including phenoxy) is 1. The number of alkyl halides is 3. The van der Waals surface area contributed by atoms with Gasteiger partial charge in [0.15, 0.2) is 17.3 Å². The maximum absolute atomic E-state index is 14.9. The van der Waals surface area contributed by atoms with Gasteiger partial charge in [0.25, 0.3) is 11.5 Å². The first-order valence-corrected chi connectivity index (χ1v) is 11.5. The highest BCUT2D eigenvalue weighted by Gasteiger charge is 2.34. The molecule has 39 heavy (non-hydrogen) atoms. The van der Waals surface area contributed by atoms with E-state index in [-0.39, 0.29) is 22.7 Å². The minimum Gasteiger partial charge on any atom is -0.453 e. The lowest BCUT2D eigenvalue weighted by Gasteiger charge is -2.15. The molecule has 0 aliphatic heterocycles. The number of nitrogens with one attached hydrogen (secondary N) is 1. The fourth-order valence-corrected chi connectivity index (χ4v) is 4.04. The van der Waals surface area contributed by atoms with E-state index in [1.165, 1.54) is 37.4 Å². The average molecular weight is 537 g/mol.